The van der Waals surface area contributed by atoms with Gasteiger partial charge in [0.05, 0.1) is 0 Å². The van der Waals surface area contributed by atoms with Gasteiger partial charge in [-0.3, -0.25) is 0 Å². The second-order valence-electron chi connectivity index (χ2n) is 2.40. The van der Waals surface area contributed by atoms with Crippen LogP contribution in [0.3, 0.4) is 0 Å². The lowest BCUT2D eigenvalue weighted by Crippen LogP contribution is -2.54. The Labute approximate surface area is 65.0 Å². The summed E-state index contributed by atoms with van der Waals surface area (Å²) in [5, 5.41) is 8.04. The fourth-order valence-electron chi connectivity index (χ4n) is 0.904. The van der Waals surface area contributed by atoms with E-state index in [0.29, 0.717) is 0 Å². The van der Waals surface area contributed by atoms with Gasteiger partial charge >= 0.3 is 18.9 Å². The summed E-state index contributed by atoms with van der Waals surface area (Å²) in [6.07, 6.45) is -0.0776. The quantitative estimate of drug-likeness (QED) is 0.485. The Morgan fingerprint density at radius 3 is 2.08 bits per heavy atom. The lowest BCUT2D eigenvalue weighted by molar-refractivity contribution is -0.160. The number of carbonyl (C=O) groups is 1. The Bertz CT molecular complexity index is 254. The van der Waals surface area contributed by atoms with E-state index >= 15 is 0 Å². The normalized spacial score (nSPS) is 32.5. The van der Waals surface area contributed by atoms with E-state index in [-0.39, 0.29) is 12.1 Å². The maximum atomic E-state index is 12.8. The summed E-state index contributed by atoms with van der Waals surface area (Å²) in [7, 11) is 0. The molecule has 0 amide bonds. The molecule has 7 heteroatoms. The van der Waals surface area contributed by atoms with Gasteiger partial charge in [-0.05, 0) is 6.08 Å². The fraction of sp³-hybridized carbons (Fsp3) is 0.400. The summed E-state index contributed by atoms with van der Waals surface area (Å²) in [4.78, 5) is 10.0. The molecule has 1 aliphatic rings. The maximum absolute atomic E-state index is 12.8. The molecule has 0 radical (unpaired) electrons. The average molecular weight is 182 g/mol. The Balaban J connectivity index is 3.12. The molecule has 0 aromatic heterocycles. The minimum atomic E-state index is -4.28. The molecule has 2 nitrogen and oxygen atoms in total. The van der Waals surface area contributed by atoms with E-state index < -0.39 is 24.4 Å². The number of carboxylic acids is 1. The second kappa shape index (κ2) is 2.24. The van der Waals surface area contributed by atoms with Crippen LogP contribution in [0, 0.1) is 0 Å². The largest absolute Gasteiger partial charge is 0.479 e. The van der Waals surface area contributed by atoms with Gasteiger partial charge < -0.3 is 9.42 Å². The molecular weight excluding hydrogens is 179 g/mol. The van der Waals surface area contributed by atoms with Crippen LogP contribution in [0.25, 0.3) is 0 Å². The fourth-order valence-corrected chi connectivity index (χ4v) is 0.904. The first-order valence-electron chi connectivity index (χ1n) is 2.96. The van der Waals surface area contributed by atoms with Crippen molar-refractivity contribution in [3.63, 3.8) is 0 Å². The minimum absolute atomic E-state index is 0.0776. The summed E-state index contributed by atoms with van der Waals surface area (Å²) in [6.45, 7) is -2.80. The van der Waals surface area contributed by atoms with E-state index in [1.807, 2.05) is 0 Å². The number of halogens is 4. The standard InChI is InChI=1S/C5H3BF4O2/c7-4(8)1-2-6(10)5(4,9)3(11)12/h1-2H,(H,11,12). The highest BCUT2D eigenvalue weighted by atomic mass is 19.3. The summed E-state index contributed by atoms with van der Waals surface area (Å²) in [5.41, 5.74) is -4.15. The maximum Gasteiger partial charge on any atom is 0.433 e. The zero-order chi connectivity index (χ0) is 9.57. The van der Waals surface area contributed by atoms with E-state index in [1.165, 1.54) is 0 Å². The molecule has 0 saturated carbocycles. The molecule has 0 aromatic rings. The van der Waals surface area contributed by atoms with Crippen LogP contribution in [0.15, 0.2) is 12.1 Å². The van der Waals surface area contributed by atoms with Crippen LogP contribution in [0.5, 0.6) is 0 Å². The summed E-state index contributed by atoms with van der Waals surface area (Å²) in [5.74, 6) is -6.57. The summed E-state index contributed by atoms with van der Waals surface area (Å²) < 4.78 is 50.0. The van der Waals surface area contributed by atoms with Crippen LogP contribution in [0.1, 0.15) is 0 Å². The minimum Gasteiger partial charge on any atom is -0.479 e. The molecule has 0 spiro atoms. The molecule has 1 unspecified atom stereocenters. The van der Waals surface area contributed by atoms with Crippen LogP contribution in [0.4, 0.5) is 17.5 Å². The third-order valence-corrected chi connectivity index (χ3v) is 1.65. The zero-order valence-corrected chi connectivity index (χ0v) is 5.60. The molecule has 1 aliphatic heterocycles. The Hall–Kier alpha value is -1.01. The Morgan fingerprint density at radius 1 is 1.42 bits per heavy atom. The third kappa shape index (κ3) is 0.851. The highest BCUT2D eigenvalue weighted by Crippen LogP contribution is 2.41. The molecule has 0 saturated heterocycles. The van der Waals surface area contributed by atoms with Crippen molar-refractivity contribution < 1.29 is 27.4 Å². The summed E-state index contributed by atoms with van der Waals surface area (Å²) in [6, 6.07) is 0. The smallest absolute Gasteiger partial charge is 0.433 e. The lowest BCUT2D eigenvalue weighted by Gasteiger charge is -2.22. The van der Waals surface area contributed by atoms with Crippen molar-refractivity contribution in [2.75, 3.05) is 0 Å². The SMILES string of the molecule is O=C(O)C1(F)B(F)C=CC1(F)F. The van der Waals surface area contributed by atoms with Crippen molar-refractivity contribution in [2.24, 2.45) is 0 Å². The van der Waals surface area contributed by atoms with E-state index in [9.17, 15) is 22.3 Å². The predicted molar refractivity (Wildman–Crippen MR) is 32.4 cm³/mol. The highest BCUT2D eigenvalue weighted by molar-refractivity contribution is 6.66. The summed E-state index contributed by atoms with van der Waals surface area (Å²) >= 11 is 0. The molecule has 0 aliphatic carbocycles. The second-order valence-corrected chi connectivity index (χ2v) is 2.40. The molecule has 0 aromatic carbocycles. The van der Waals surface area contributed by atoms with E-state index in [4.69, 9.17) is 5.11 Å². The first-order chi connectivity index (χ1) is 5.32. The number of aliphatic carboxylic acids is 1. The highest BCUT2D eigenvalue weighted by Gasteiger charge is 2.70. The first kappa shape index (κ1) is 9.09. The monoisotopic (exact) mass is 182 g/mol. The average Bonchev–Trinajstić information content (AvgIpc) is 2.15. The van der Waals surface area contributed by atoms with Gasteiger partial charge in [-0.15, -0.1) is 0 Å². The number of rotatable bonds is 1. The van der Waals surface area contributed by atoms with Crippen molar-refractivity contribution in [3.8, 4) is 0 Å². The van der Waals surface area contributed by atoms with Crippen LogP contribution in [0.2, 0.25) is 0 Å². The Kier molecular flexibility index (Phi) is 1.70. The van der Waals surface area contributed by atoms with Crippen molar-refractivity contribution in [2.45, 2.75) is 11.5 Å². The van der Waals surface area contributed by atoms with Crippen molar-refractivity contribution in [1.82, 2.24) is 0 Å². The molecule has 0 fully saturated rings. The predicted octanol–water partition coefficient (Wildman–Crippen LogP) is 1.02. The van der Waals surface area contributed by atoms with Crippen LogP contribution in [-0.2, 0) is 4.79 Å². The van der Waals surface area contributed by atoms with Crippen molar-refractivity contribution in [1.29, 1.82) is 0 Å². The van der Waals surface area contributed by atoms with Gasteiger partial charge in [-0.1, -0.05) is 5.98 Å². The van der Waals surface area contributed by atoms with Crippen LogP contribution in [-0.4, -0.2) is 29.6 Å². The van der Waals surface area contributed by atoms with Crippen LogP contribution >= 0.6 is 0 Å². The van der Waals surface area contributed by atoms with Crippen molar-refractivity contribution in [3.05, 3.63) is 12.1 Å². The molecular formula is C5H3BF4O2. The molecule has 66 valence electrons. The van der Waals surface area contributed by atoms with E-state index in [2.05, 4.69) is 0 Å². The molecule has 1 heterocycles. The zero-order valence-electron chi connectivity index (χ0n) is 5.60. The van der Waals surface area contributed by atoms with Crippen molar-refractivity contribution >= 4 is 13.0 Å². The number of hydrogen-bond donors (Lipinski definition) is 1. The first-order valence-corrected chi connectivity index (χ1v) is 2.96. The molecule has 1 N–H and O–H groups in total. The Morgan fingerprint density at radius 2 is 1.92 bits per heavy atom. The number of hydrogen-bond acceptors (Lipinski definition) is 1. The number of allylic oxidation sites excluding steroid dienone is 1. The molecule has 0 bridgehead atoms. The van der Waals surface area contributed by atoms with Gasteiger partial charge in [0.1, 0.15) is 0 Å². The number of carboxylic acid groups (broad SMARTS) is 1. The van der Waals surface area contributed by atoms with Gasteiger partial charge in [-0.25, -0.2) is 9.18 Å². The van der Waals surface area contributed by atoms with Gasteiger partial charge in [0.15, 0.2) is 0 Å². The lowest BCUT2D eigenvalue weighted by atomic mass is 9.59. The van der Waals surface area contributed by atoms with E-state index in [1.54, 1.807) is 0 Å². The van der Waals surface area contributed by atoms with E-state index in [0.717, 1.165) is 0 Å². The van der Waals surface area contributed by atoms with Gasteiger partial charge in [-0.2, -0.15) is 8.78 Å². The molecule has 1 rings (SSSR count). The third-order valence-electron chi connectivity index (χ3n) is 1.65. The van der Waals surface area contributed by atoms with Crippen LogP contribution < -0.4 is 0 Å². The molecule has 12 heavy (non-hydrogen) atoms. The topological polar surface area (TPSA) is 37.3 Å². The molecule has 1 atom stereocenters. The van der Waals surface area contributed by atoms with Gasteiger partial charge in [0, 0.05) is 0 Å². The van der Waals surface area contributed by atoms with Gasteiger partial charge in [0.2, 0.25) is 0 Å². The van der Waals surface area contributed by atoms with Gasteiger partial charge in [0.25, 0.3) is 5.57 Å². The number of alkyl halides is 3.